The molecule has 3 rings (SSSR count). The lowest BCUT2D eigenvalue weighted by atomic mass is 9.86. The van der Waals surface area contributed by atoms with Crippen LogP contribution in [0.1, 0.15) is 33.6 Å². The summed E-state index contributed by atoms with van der Waals surface area (Å²) in [5.41, 5.74) is -3.79. The highest BCUT2D eigenvalue weighted by atomic mass is 19.4. The van der Waals surface area contributed by atoms with Crippen LogP contribution in [-0.4, -0.2) is 40.2 Å². The fourth-order valence-electron chi connectivity index (χ4n) is 2.85. The minimum Gasteiger partial charge on any atom is -0.294 e. The van der Waals surface area contributed by atoms with Crippen molar-refractivity contribution in [1.29, 1.82) is 0 Å². The van der Waals surface area contributed by atoms with Gasteiger partial charge in [0.2, 0.25) is 11.4 Å². The van der Waals surface area contributed by atoms with Crippen LogP contribution in [0.5, 0.6) is 0 Å². The summed E-state index contributed by atoms with van der Waals surface area (Å²) < 4.78 is 41.0. The highest BCUT2D eigenvalue weighted by Gasteiger charge is 2.69. The maximum absolute atomic E-state index is 13.7. The van der Waals surface area contributed by atoms with Crippen LogP contribution in [0.3, 0.4) is 0 Å². The zero-order valence-electron chi connectivity index (χ0n) is 11.4. The van der Waals surface area contributed by atoms with Crippen LogP contribution in [0, 0.1) is 0 Å². The van der Waals surface area contributed by atoms with Gasteiger partial charge in [0.15, 0.2) is 0 Å². The molecule has 1 N–H and O–H groups in total. The fourth-order valence-corrected chi connectivity index (χ4v) is 2.85. The molecule has 23 heavy (non-hydrogen) atoms. The van der Waals surface area contributed by atoms with E-state index in [9.17, 15) is 32.3 Å². The Hall–Kier alpha value is -2.71. The van der Waals surface area contributed by atoms with Gasteiger partial charge in [-0.3, -0.25) is 24.5 Å². The van der Waals surface area contributed by atoms with Gasteiger partial charge in [0.1, 0.15) is 0 Å². The molecule has 0 spiro atoms. The van der Waals surface area contributed by atoms with Crippen molar-refractivity contribution in [3.63, 3.8) is 0 Å². The molecule has 0 bridgehead atoms. The summed E-state index contributed by atoms with van der Waals surface area (Å²) in [7, 11) is 0. The Labute approximate surface area is 127 Å². The third kappa shape index (κ3) is 1.89. The van der Waals surface area contributed by atoms with E-state index in [1.807, 2.05) is 0 Å². The third-order valence-corrected chi connectivity index (χ3v) is 3.99. The standard InChI is InChI=1S/C14H9F3N2O4/c15-14(16,17)13(6-5-9(20)18-12(13)23)19-10(21)7-3-1-2-4-8(7)11(19)22/h1-4H,5-6H2,(H,18,20,23)/t13-/m1/s1. The molecule has 1 aromatic carbocycles. The van der Waals surface area contributed by atoms with Crippen molar-refractivity contribution >= 4 is 23.6 Å². The van der Waals surface area contributed by atoms with E-state index < -0.39 is 48.2 Å². The van der Waals surface area contributed by atoms with E-state index in [1.54, 1.807) is 5.32 Å². The number of benzene rings is 1. The molecule has 2 aliphatic heterocycles. The van der Waals surface area contributed by atoms with Gasteiger partial charge in [0.25, 0.3) is 17.7 Å². The topological polar surface area (TPSA) is 83.6 Å². The van der Waals surface area contributed by atoms with Crippen LogP contribution < -0.4 is 5.32 Å². The van der Waals surface area contributed by atoms with Gasteiger partial charge in [-0.2, -0.15) is 13.2 Å². The van der Waals surface area contributed by atoms with Crippen LogP contribution in [0.15, 0.2) is 24.3 Å². The van der Waals surface area contributed by atoms with E-state index in [-0.39, 0.29) is 16.0 Å². The predicted octanol–water partition coefficient (Wildman–Crippen LogP) is 1.02. The van der Waals surface area contributed by atoms with E-state index in [2.05, 4.69) is 0 Å². The van der Waals surface area contributed by atoms with Crippen molar-refractivity contribution in [3.05, 3.63) is 35.4 Å². The number of alkyl halides is 3. The van der Waals surface area contributed by atoms with Crippen LogP contribution >= 0.6 is 0 Å². The average Bonchev–Trinajstić information content (AvgIpc) is 2.72. The molecular weight excluding hydrogens is 317 g/mol. The largest absolute Gasteiger partial charge is 0.421 e. The number of carbonyl (C=O) groups is 4. The molecule has 120 valence electrons. The highest BCUT2D eigenvalue weighted by Crippen LogP contribution is 2.44. The number of nitrogens with one attached hydrogen (secondary N) is 1. The molecule has 1 saturated heterocycles. The molecule has 0 saturated carbocycles. The SMILES string of the molecule is O=C1CC[C@](N2C(=O)c3ccccc3C2=O)(C(F)(F)F)C(=O)N1. The first-order valence-corrected chi connectivity index (χ1v) is 6.59. The van der Waals surface area contributed by atoms with Crippen LogP contribution in [0.4, 0.5) is 13.2 Å². The van der Waals surface area contributed by atoms with E-state index in [1.165, 1.54) is 24.3 Å². The second-order valence-corrected chi connectivity index (χ2v) is 5.23. The summed E-state index contributed by atoms with van der Waals surface area (Å²) in [5.74, 6) is -5.00. The maximum atomic E-state index is 13.7. The Kier molecular flexibility index (Phi) is 3.07. The second-order valence-electron chi connectivity index (χ2n) is 5.23. The molecule has 0 aromatic heterocycles. The number of imide groups is 2. The summed E-state index contributed by atoms with van der Waals surface area (Å²) in [6.07, 6.45) is -6.84. The molecule has 2 heterocycles. The van der Waals surface area contributed by atoms with Gasteiger partial charge in [-0.25, -0.2) is 4.90 Å². The number of hydrogen-bond donors (Lipinski definition) is 1. The van der Waals surface area contributed by atoms with Crippen molar-refractivity contribution in [2.45, 2.75) is 24.6 Å². The molecule has 1 atom stereocenters. The first-order chi connectivity index (χ1) is 10.7. The summed E-state index contributed by atoms with van der Waals surface area (Å²) in [4.78, 5) is 47.8. The van der Waals surface area contributed by atoms with Crippen molar-refractivity contribution in [1.82, 2.24) is 10.2 Å². The number of fused-ring (bicyclic) bond motifs is 1. The van der Waals surface area contributed by atoms with E-state index in [4.69, 9.17) is 0 Å². The Bertz CT molecular complexity index is 724. The Morgan fingerprint density at radius 3 is 1.96 bits per heavy atom. The van der Waals surface area contributed by atoms with Crippen molar-refractivity contribution in [2.24, 2.45) is 0 Å². The molecule has 4 amide bonds. The normalized spacial score (nSPS) is 24.7. The van der Waals surface area contributed by atoms with Crippen molar-refractivity contribution < 1.29 is 32.3 Å². The Balaban J connectivity index is 2.17. The molecule has 1 aromatic rings. The zero-order valence-corrected chi connectivity index (χ0v) is 11.4. The van der Waals surface area contributed by atoms with Gasteiger partial charge in [-0.15, -0.1) is 0 Å². The second kappa shape index (κ2) is 4.64. The van der Waals surface area contributed by atoms with Crippen LogP contribution in [0.2, 0.25) is 0 Å². The number of piperidine rings is 1. The summed E-state index contributed by atoms with van der Waals surface area (Å²) in [6, 6.07) is 5.23. The van der Waals surface area contributed by atoms with E-state index in [0.29, 0.717) is 0 Å². The van der Waals surface area contributed by atoms with Gasteiger partial charge < -0.3 is 0 Å². The predicted molar refractivity (Wildman–Crippen MR) is 68.1 cm³/mol. The zero-order chi connectivity index (χ0) is 17.0. The summed E-state index contributed by atoms with van der Waals surface area (Å²) in [5, 5.41) is 1.58. The fraction of sp³-hybridized carbons (Fsp3) is 0.286. The number of nitrogens with zero attached hydrogens (tertiary/aromatic N) is 1. The lowest BCUT2D eigenvalue weighted by Gasteiger charge is -2.41. The third-order valence-electron chi connectivity index (χ3n) is 3.99. The minimum absolute atomic E-state index is 0.0700. The molecule has 0 aliphatic carbocycles. The Morgan fingerprint density at radius 2 is 1.52 bits per heavy atom. The number of hydrogen-bond acceptors (Lipinski definition) is 4. The number of amides is 4. The van der Waals surface area contributed by atoms with Crippen molar-refractivity contribution in [3.8, 4) is 0 Å². The molecule has 2 aliphatic rings. The minimum atomic E-state index is -5.22. The molecule has 6 nitrogen and oxygen atoms in total. The smallest absolute Gasteiger partial charge is 0.294 e. The molecular formula is C14H9F3N2O4. The van der Waals surface area contributed by atoms with Gasteiger partial charge in [0.05, 0.1) is 11.1 Å². The number of rotatable bonds is 1. The first-order valence-electron chi connectivity index (χ1n) is 6.59. The van der Waals surface area contributed by atoms with Crippen molar-refractivity contribution in [2.75, 3.05) is 0 Å². The molecule has 0 radical (unpaired) electrons. The Morgan fingerprint density at radius 1 is 1.00 bits per heavy atom. The van der Waals surface area contributed by atoms with Crippen LogP contribution in [0.25, 0.3) is 0 Å². The molecule has 1 fully saturated rings. The monoisotopic (exact) mass is 326 g/mol. The van der Waals surface area contributed by atoms with Crippen LogP contribution in [-0.2, 0) is 9.59 Å². The highest BCUT2D eigenvalue weighted by molar-refractivity contribution is 6.24. The maximum Gasteiger partial charge on any atom is 0.421 e. The van der Waals surface area contributed by atoms with E-state index in [0.717, 1.165) is 0 Å². The molecule has 9 heteroatoms. The van der Waals surface area contributed by atoms with E-state index >= 15 is 0 Å². The average molecular weight is 326 g/mol. The summed E-state index contributed by atoms with van der Waals surface area (Å²) in [6.45, 7) is 0. The number of halogens is 3. The van der Waals surface area contributed by atoms with Gasteiger partial charge in [-0.1, -0.05) is 12.1 Å². The van der Waals surface area contributed by atoms with Gasteiger partial charge >= 0.3 is 6.18 Å². The first kappa shape index (κ1) is 15.2. The number of carbonyl (C=O) groups excluding carboxylic acids is 4. The lowest BCUT2D eigenvalue weighted by molar-refractivity contribution is -0.219. The quantitative estimate of drug-likeness (QED) is 0.781. The van der Waals surface area contributed by atoms with Gasteiger partial charge in [-0.05, 0) is 18.6 Å². The summed E-state index contributed by atoms with van der Waals surface area (Å²) >= 11 is 0. The van der Waals surface area contributed by atoms with Gasteiger partial charge in [0, 0.05) is 6.42 Å². The lowest BCUT2D eigenvalue weighted by Crippen LogP contribution is -2.71. The molecule has 0 unspecified atom stereocenters.